The second kappa shape index (κ2) is 8.88. The fourth-order valence-electron chi connectivity index (χ4n) is 4.40. The summed E-state index contributed by atoms with van der Waals surface area (Å²) in [4.78, 5) is 24.6. The van der Waals surface area contributed by atoms with E-state index in [0.29, 0.717) is 6.42 Å². The number of rotatable bonds is 8. The molecule has 0 saturated heterocycles. The molecule has 7 heteroatoms. The molecule has 7 nitrogen and oxygen atoms in total. The summed E-state index contributed by atoms with van der Waals surface area (Å²) in [5, 5.41) is 25.6. The van der Waals surface area contributed by atoms with E-state index in [9.17, 15) is 14.7 Å². The first-order valence-corrected chi connectivity index (χ1v) is 10.9. The highest BCUT2D eigenvalue weighted by Gasteiger charge is 2.20. The van der Waals surface area contributed by atoms with Gasteiger partial charge in [0.2, 0.25) is 5.91 Å². The largest absolute Gasteiger partial charge is 0.394 e. The van der Waals surface area contributed by atoms with Crippen LogP contribution in [0.25, 0.3) is 32.3 Å². The van der Waals surface area contributed by atoms with Crippen molar-refractivity contribution in [1.29, 1.82) is 0 Å². The smallest absolute Gasteiger partial charge is 0.250 e. The van der Waals surface area contributed by atoms with E-state index in [0.717, 1.165) is 6.42 Å². The van der Waals surface area contributed by atoms with Crippen molar-refractivity contribution in [3.8, 4) is 0 Å². The van der Waals surface area contributed by atoms with Crippen LogP contribution in [0.15, 0.2) is 71.4 Å². The number of aromatic nitrogens is 1. The first-order chi connectivity index (χ1) is 16.1. The Morgan fingerprint density at radius 1 is 0.939 bits per heavy atom. The van der Waals surface area contributed by atoms with Crippen molar-refractivity contribution >= 4 is 49.9 Å². The highest BCUT2D eigenvalue weighted by Crippen LogP contribution is 2.36. The fourth-order valence-corrected chi connectivity index (χ4v) is 4.40. The third kappa shape index (κ3) is 4.10. The van der Waals surface area contributed by atoms with Gasteiger partial charge in [-0.2, -0.15) is 0 Å². The zero-order valence-corrected chi connectivity index (χ0v) is 17.9. The van der Waals surface area contributed by atoms with Gasteiger partial charge in [0.05, 0.1) is 6.61 Å². The van der Waals surface area contributed by atoms with Crippen LogP contribution in [-0.2, 0) is 16.0 Å². The summed E-state index contributed by atoms with van der Waals surface area (Å²) in [5.41, 5.74) is 1.19. The molecule has 1 atom stereocenters. The van der Waals surface area contributed by atoms with Gasteiger partial charge in [-0.25, -0.2) is 0 Å². The number of aliphatic hydroxyl groups excluding tert-OH is 1. The molecule has 0 aliphatic carbocycles. The Hall–Kier alpha value is -3.97. The Morgan fingerprint density at radius 2 is 1.67 bits per heavy atom. The second-order valence-electron chi connectivity index (χ2n) is 8.11. The molecule has 0 saturated carbocycles. The minimum absolute atomic E-state index is 0.224. The van der Waals surface area contributed by atoms with Gasteiger partial charge in [0.1, 0.15) is 12.3 Å². The van der Waals surface area contributed by atoms with Gasteiger partial charge in [-0.15, -0.1) is 0 Å². The number of benzene rings is 4. The minimum atomic E-state index is -1.05. The Labute approximate surface area is 189 Å². The fraction of sp³-hybridized carbons (Fsp3) is 0.192. The standard InChI is InChI=1S/C26H23N3O4/c30-15-21(26(32)28-22-13-14-33-29-22)27-23(31)6-2-3-16-7-8-19-10-9-17-4-1-5-18-11-12-20(16)25(19)24(17)18/h1,4-5,7-14,21,30H,2-3,6,15H2,(H,27,31)(H,28,29,32)/t21-/m0/s1. The molecule has 0 spiro atoms. The summed E-state index contributed by atoms with van der Waals surface area (Å²) in [6, 6.07) is 19.7. The number of carbonyl (C=O) groups excluding carboxylic acids is 2. The average Bonchev–Trinajstić information content (AvgIpc) is 3.34. The number of hydrogen-bond acceptors (Lipinski definition) is 5. The van der Waals surface area contributed by atoms with Gasteiger partial charge in [-0.1, -0.05) is 59.8 Å². The second-order valence-corrected chi connectivity index (χ2v) is 8.11. The van der Waals surface area contributed by atoms with Gasteiger partial charge in [0.25, 0.3) is 5.91 Å². The van der Waals surface area contributed by atoms with E-state index < -0.39 is 18.6 Å². The van der Waals surface area contributed by atoms with Crippen LogP contribution in [0.1, 0.15) is 18.4 Å². The van der Waals surface area contributed by atoms with Gasteiger partial charge >= 0.3 is 0 Å². The molecule has 0 unspecified atom stereocenters. The lowest BCUT2D eigenvalue weighted by molar-refractivity contribution is -0.127. The number of carbonyl (C=O) groups is 2. The third-order valence-electron chi connectivity index (χ3n) is 5.99. The van der Waals surface area contributed by atoms with Crippen LogP contribution in [0.3, 0.4) is 0 Å². The molecular weight excluding hydrogens is 418 g/mol. The number of hydrogen-bond donors (Lipinski definition) is 3. The summed E-state index contributed by atoms with van der Waals surface area (Å²) in [6.07, 6.45) is 2.92. The van der Waals surface area contributed by atoms with E-state index >= 15 is 0 Å². The molecule has 0 fully saturated rings. The number of amides is 2. The highest BCUT2D eigenvalue weighted by atomic mass is 16.5. The molecule has 5 aromatic rings. The number of nitrogens with zero attached hydrogens (tertiary/aromatic N) is 1. The molecular formula is C26H23N3O4. The summed E-state index contributed by atoms with van der Waals surface area (Å²) in [6.45, 7) is -0.509. The monoisotopic (exact) mass is 441 g/mol. The summed E-state index contributed by atoms with van der Waals surface area (Å²) in [5.74, 6) is -0.615. The maximum absolute atomic E-state index is 12.4. The van der Waals surface area contributed by atoms with Crippen LogP contribution in [-0.4, -0.2) is 34.7 Å². The van der Waals surface area contributed by atoms with E-state index in [1.165, 1.54) is 50.2 Å². The van der Waals surface area contributed by atoms with Crippen LogP contribution < -0.4 is 10.6 Å². The molecule has 1 heterocycles. The van der Waals surface area contributed by atoms with E-state index in [-0.39, 0.29) is 18.1 Å². The predicted molar refractivity (Wildman–Crippen MR) is 127 cm³/mol. The highest BCUT2D eigenvalue weighted by molar-refractivity contribution is 6.23. The Morgan fingerprint density at radius 3 is 2.39 bits per heavy atom. The van der Waals surface area contributed by atoms with Crippen LogP contribution in [0, 0.1) is 0 Å². The van der Waals surface area contributed by atoms with Crippen LogP contribution in [0.4, 0.5) is 5.82 Å². The van der Waals surface area contributed by atoms with Crippen molar-refractivity contribution in [2.24, 2.45) is 0 Å². The van der Waals surface area contributed by atoms with Crippen LogP contribution in [0.2, 0.25) is 0 Å². The molecule has 0 radical (unpaired) electrons. The minimum Gasteiger partial charge on any atom is -0.394 e. The Kier molecular flexibility index (Phi) is 5.62. The molecule has 0 aliphatic rings. The molecule has 166 valence electrons. The van der Waals surface area contributed by atoms with Crippen molar-refractivity contribution in [2.75, 3.05) is 11.9 Å². The van der Waals surface area contributed by atoms with Gasteiger partial charge in [-0.05, 0) is 50.7 Å². The SMILES string of the molecule is O=C(CCCc1ccc2ccc3cccc4ccc1c2c34)N[C@@H](CO)C(=O)Nc1ccon1. The van der Waals surface area contributed by atoms with Gasteiger partial charge in [-0.3, -0.25) is 9.59 Å². The summed E-state index contributed by atoms with van der Waals surface area (Å²) < 4.78 is 4.66. The third-order valence-corrected chi connectivity index (χ3v) is 5.99. The predicted octanol–water partition coefficient (Wildman–Crippen LogP) is 4.01. The molecule has 4 aromatic carbocycles. The Bertz CT molecular complexity index is 1410. The molecule has 33 heavy (non-hydrogen) atoms. The van der Waals surface area contributed by atoms with Crippen LogP contribution in [0.5, 0.6) is 0 Å². The number of nitrogens with one attached hydrogen (secondary N) is 2. The van der Waals surface area contributed by atoms with E-state index in [4.69, 9.17) is 0 Å². The zero-order valence-electron chi connectivity index (χ0n) is 17.9. The lowest BCUT2D eigenvalue weighted by Crippen LogP contribution is -2.46. The van der Waals surface area contributed by atoms with Crippen molar-refractivity contribution < 1.29 is 19.2 Å². The van der Waals surface area contributed by atoms with Crippen molar-refractivity contribution in [1.82, 2.24) is 10.5 Å². The molecule has 0 aliphatic heterocycles. The number of anilines is 1. The molecule has 3 N–H and O–H groups in total. The number of aliphatic hydroxyl groups is 1. The zero-order chi connectivity index (χ0) is 22.8. The maximum Gasteiger partial charge on any atom is 0.250 e. The quantitative estimate of drug-likeness (QED) is 0.316. The van der Waals surface area contributed by atoms with Crippen molar-refractivity contribution in [3.05, 3.63) is 72.5 Å². The Balaban J connectivity index is 1.26. The lowest BCUT2D eigenvalue weighted by Gasteiger charge is -2.16. The van der Waals surface area contributed by atoms with E-state index in [2.05, 4.69) is 74.9 Å². The van der Waals surface area contributed by atoms with Gasteiger partial charge in [0.15, 0.2) is 5.82 Å². The van der Waals surface area contributed by atoms with E-state index in [1.54, 1.807) is 0 Å². The first-order valence-electron chi connectivity index (χ1n) is 10.9. The molecule has 1 aromatic heterocycles. The normalized spacial score (nSPS) is 12.4. The van der Waals surface area contributed by atoms with Crippen LogP contribution >= 0.6 is 0 Å². The summed E-state index contributed by atoms with van der Waals surface area (Å²) in [7, 11) is 0. The van der Waals surface area contributed by atoms with Crippen molar-refractivity contribution in [3.63, 3.8) is 0 Å². The van der Waals surface area contributed by atoms with Gasteiger partial charge < -0.3 is 20.3 Å². The molecule has 0 bridgehead atoms. The topological polar surface area (TPSA) is 104 Å². The average molecular weight is 441 g/mol. The van der Waals surface area contributed by atoms with E-state index in [1.807, 2.05) is 0 Å². The molecule has 5 rings (SSSR count). The van der Waals surface area contributed by atoms with Crippen molar-refractivity contribution in [2.45, 2.75) is 25.3 Å². The number of aryl methyl sites for hydroxylation is 1. The maximum atomic E-state index is 12.4. The summed E-state index contributed by atoms with van der Waals surface area (Å²) >= 11 is 0. The first kappa shape index (κ1) is 20.9. The molecule has 2 amide bonds. The van der Waals surface area contributed by atoms with Gasteiger partial charge in [0, 0.05) is 12.5 Å². The lowest BCUT2D eigenvalue weighted by atomic mass is 9.90.